The monoisotopic (exact) mass is 280 g/mol. The van der Waals surface area contributed by atoms with Crippen molar-refractivity contribution in [3.05, 3.63) is 0 Å². The van der Waals surface area contributed by atoms with E-state index in [9.17, 15) is 0 Å². The Hall–Kier alpha value is -0.0800. The zero-order chi connectivity index (χ0) is 14.6. The van der Waals surface area contributed by atoms with Crippen LogP contribution in [0.15, 0.2) is 0 Å². The van der Waals surface area contributed by atoms with E-state index in [1.54, 1.807) is 0 Å². The molecule has 20 heavy (non-hydrogen) atoms. The first-order valence-electron chi connectivity index (χ1n) is 8.99. The van der Waals surface area contributed by atoms with Gasteiger partial charge in [0.05, 0.1) is 0 Å². The average Bonchev–Trinajstić information content (AvgIpc) is 2.94. The van der Waals surface area contributed by atoms with Gasteiger partial charge in [0.2, 0.25) is 0 Å². The number of hydrogen-bond acceptors (Lipinski definition) is 2. The van der Waals surface area contributed by atoms with Gasteiger partial charge in [-0.3, -0.25) is 4.90 Å². The Kier molecular flexibility index (Phi) is 5.92. The van der Waals surface area contributed by atoms with Crippen molar-refractivity contribution in [2.45, 2.75) is 78.2 Å². The molecule has 2 nitrogen and oxygen atoms in total. The minimum atomic E-state index is 0.421. The maximum absolute atomic E-state index is 6.23. The Labute approximate surface area is 126 Å². The molecule has 0 radical (unpaired) electrons. The smallest absolute Gasteiger partial charge is 0.00956 e. The minimum Gasteiger partial charge on any atom is -0.330 e. The quantitative estimate of drug-likeness (QED) is 0.795. The molecule has 0 unspecified atom stereocenters. The van der Waals surface area contributed by atoms with E-state index in [1.807, 2.05) is 0 Å². The van der Waals surface area contributed by atoms with Crippen molar-refractivity contribution < 1.29 is 0 Å². The van der Waals surface area contributed by atoms with Crippen LogP contribution in [0, 0.1) is 17.3 Å². The molecule has 2 fully saturated rings. The molecule has 0 saturated heterocycles. The standard InChI is InChI=1S/C18H36N2/c1-15(2)12-20(17-6-4-5-7-17)14-18(13-19)10-8-16(3)9-11-18/h15-17H,4-14,19H2,1-3H3. The Bertz CT molecular complexity index is 273. The van der Waals surface area contributed by atoms with Crippen molar-refractivity contribution in [3.63, 3.8) is 0 Å². The lowest BCUT2D eigenvalue weighted by Gasteiger charge is -2.44. The molecule has 0 aromatic carbocycles. The molecule has 2 saturated carbocycles. The van der Waals surface area contributed by atoms with Gasteiger partial charge in [-0.05, 0) is 49.5 Å². The topological polar surface area (TPSA) is 29.3 Å². The second-order valence-electron chi connectivity index (χ2n) is 8.15. The van der Waals surface area contributed by atoms with Crippen LogP contribution < -0.4 is 5.73 Å². The highest BCUT2D eigenvalue weighted by atomic mass is 15.2. The van der Waals surface area contributed by atoms with Crippen LogP contribution >= 0.6 is 0 Å². The summed E-state index contributed by atoms with van der Waals surface area (Å²) in [5.74, 6) is 1.69. The lowest BCUT2D eigenvalue weighted by Crippen LogP contribution is -2.48. The normalized spacial score (nSPS) is 32.4. The molecule has 0 aromatic heterocycles. The molecule has 118 valence electrons. The molecule has 0 heterocycles. The van der Waals surface area contributed by atoms with E-state index in [4.69, 9.17) is 5.73 Å². The summed E-state index contributed by atoms with van der Waals surface area (Å²) < 4.78 is 0. The van der Waals surface area contributed by atoms with Crippen LogP contribution in [0.5, 0.6) is 0 Å². The first-order valence-corrected chi connectivity index (χ1v) is 8.99. The minimum absolute atomic E-state index is 0.421. The average molecular weight is 280 g/mol. The first-order chi connectivity index (χ1) is 9.54. The van der Waals surface area contributed by atoms with Crippen LogP contribution in [0.2, 0.25) is 0 Å². The van der Waals surface area contributed by atoms with Gasteiger partial charge in [0.1, 0.15) is 0 Å². The summed E-state index contributed by atoms with van der Waals surface area (Å²) in [6.45, 7) is 10.5. The summed E-state index contributed by atoms with van der Waals surface area (Å²) in [6.07, 6.45) is 11.2. The highest BCUT2D eigenvalue weighted by Gasteiger charge is 2.36. The Morgan fingerprint density at radius 1 is 1.10 bits per heavy atom. The lowest BCUT2D eigenvalue weighted by molar-refractivity contribution is 0.0628. The van der Waals surface area contributed by atoms with E-state index in [2.05, 4.69) is 25.7 Å². The molecule has 0 aromatic rings. The largest absolute Gasteiger partial charge is 0.330 e. The van der Waals surface area contributed by atoms with Crippen LogP contribution in [0.3, 0.4) is 0 Å². The fraction of sp³-hybridized carbons (Fsp3) is 1.00. The van der Waals surface area contributed by atoms with Gasteiger partial charge < -0.3 is 5.73 Å². The van der Waals surface area contributed by atoms with E-state index >= 15 is 0 Å². The predicted octanol–water partition coefficient (Wildman–Crippen LogP) is 4.04. The Morgan fingerprint density at radius 2 is 1.70 bits per heavy atom. The molecule has 0 spiro atoms. The third-order valence-electron chi connectivity index (χ3n) is 5.75. The van der Waals surface area contributed by atoms with Crippen molar-refractivity contribution in [1.82, 2.24) is 4.90 Å². The summed E-state index contributed by atoms with van der Waals surface area (Å²) in [7, 11) is 0. The van der Waals surface area contributed by atoms with E-state index in [-0.39, 0.29) is 0 Å². The lowest BCUT2D eigenvalue weighted by atomic mass is 9.70. The molecule has 0 aliphatic heterocycles. The van der Waals surface area contributed by atoms with Crippen LogP contribution in [-0.4, -0.2) is 30.6 Å². The molecule has 2 rings (SSSR count). The van der Waals surface area contributed by atoms with Gasteiger partial charge in [-0.25, -0.2) is 0 Å². The molecular formula is C18H36N2. The van der Waals surface area contributed by atoms with Crippen LogP contribution in [0.25, 0.3) is 0 Å². The van der Waals surface area contributed by atoms with E-state index < -0.39 is 0 Å². The van der Waals surface area contributed by atoms with E-state index in [0.717, 1.165) is 24.4 Å². The molecule has 2 aliphatic carbocycles. The third kappa shape index (κ3) is 4.21. The summed E-state index contributed by atoms with van der Waals surface area (Å²) >= 11 is 0. The van der Waals surface area contributed by atoms with Crippen LogP contribution in [-0.2, 0) is 0 Å². The van der Waals surface area contributed by atoms with Gasteiger partial charge in [0.25, 0.3) is 0 Å². The number of hydrogen-bond donors (Lipinski definition) is 1. The number of rotatable bonds is 6. The highest BCUT2D eigenvalue weighted by Crippen LogP contribution is 2.40. The fourth-order valence-electron chi connectivity index (χ4n) is 4.31. The highest BCUT2D eigenvalue weighted by molar-refractivity contribution is 4.91. The molecule has 0 atom stereocenters. The fourth-order valence-corrected chi connectivity index (χ4v) is 4.31. The van der Waals surface area contributed by atoms with Gasteiger partial charge in [-0.2, -0.15) is 0 Å². The van der Waals surface area contributed by atoms with E-state index in [1.165, 1.54) is 64.5 Å². The third-order valence-corrected chi connectivity index (χ3v) is 5.75. The molecule has 0 bridgehead atoms. The van der Waals surface area contributed by atoms with Crippen LogP contribution in [0.1, 0.15) is 72.1 Å². The molecular weight excluding hydrogens is 244 g/mol. The van der Waals surface area contributed by atoms with Crippen molar-refractivity contribution in [1.29, 1.82) is 0 Å². The number of nitrogens with zero attached hydrogens (tertiary/aromatic N) is 1. The van der Waals surface area contributed by atoms with Crippen LogP contribution in [0.4, 0.5) is 0 Å². The van der Waals surface area contributed by atoms with Gasteiger partial charge in [0.15, 0.2) is 0 Å². The zero-order valence-electron chi connectivity index (χ0n) is 14.0. The molecule has 2 aliphatic rings. The molecule has 0 amide bonds. The molecule has 2 heteroatoms. The second-order valence-corrected chi connectivity index (χ2v) is 8.15. The van der Waals surface area contributed by atoms with Gasteiger partial charge in [0, 0.05) is 19.1 Å². The maximum atomic E-state index is 6.23. The Balaban J connectivity index is 2.00. The van der Waals surface area contributed by atoms with Gasteiger partial charge in [-0.1, -0.05) is 46.5 Å². The maximum Gasteiger partial charge on any atom is 0.00956 e. The SMILES string of the molecule is CC(C)CN(CC1(CN)CCC(C)CC1)C1CCCC1. The summed E-state index contributed by atoms with van der Waals surface area (Å²) in [5, 5.41) is 0. The van der Waals surface area contributed by atoms with E-state index in [0.29, 0.717) is 5.41 Å². The first kappa shape index (κ1) is 16.3. The molecule has 2 N–H and O–H groups in total. The Morgan fingerprint density at radius 3 is 2.20 bits per heavy atom. The van der Waals surface area contributed by atoms with Crippen molar-refractivity contribution in [2.75, 3.05) is 19.6 Å². The van der Waals surface area contributed by atoms with Crippen molar-refractivity contribution >= 4 is 0 Å². The van der Waals surface area contributed by atoms with Crippen molar-refractivity contribution in [2.24, 2.45) is 23.0 Å². The zero-order valence-corrected chi connectivity index (χ0v) is 14.0. The predicted molar refractivity (Wildman–Crippen MR) is 87.8 cm³/mol. The summed E-state index contributed by atoms with van der Waals surface area (Å²) in [6, 6.07) is 0.847. The summed E-state index contributed by atoms with van der Waals surface area (Å²) in [4.78, 5) is 2.82. The van der Waals surface area contributed by atoms with Gasteiger partial charge in [-0.15, -0.1) is 0 Å². The van der Waals surface area contributed by atoms with Crippen molar-refractivity contribution in [3.8, 4) is 0 Å². The second kappa shape index (κ2) is 7.26. The van der Waals surface area contributed by atoms with Gasteiger partial charge >= 0.3 is 0 Å². The number of nitrogens with two attached hydrogens (primary N) is 1. The summed E-state index contributed by atoms with van der Waals surface area (Å²) in [5.41, 5.74) is 6.66.